The van der Waals surface area contributed by atoms with Crippen LogP contribution >= 0.6 is 0 Å². The van der Waals surface area contributed by atoms with E-state index in [0.29, 0.717) is 16.8 Å². The normalized spacial score (nSPS) is 18.8. The van der Waals surface area contributed by atoms with Crippen molar-refractivity contribution in [2.75, 3.05) is 0 Å². The lowest BCUT2D eigenvalue weighted by molar-refractivity contribution is 1.28. The molecule has 0 amide bonds. The van der Waals surface area contributed by atoms with Crippen LogP contribution in [0.3, 0.4) is 0 Å². The first kappa shape index (κ1) is 6.57. The van der Waals surface area contributed by atoms with Crippen LogP contribution in [0.1, 0.15) is 29.0 Å². The minimum absolute atomic E-state index is 0.0325. The van der Waals surface area contributed by atoms with E-state index >= 15 is 0 Å². The van der Waals surface area contributed by atoms with Crippen molar-refractivity contribution in [1.29, 1.82) is 0 Å². The molecule has 0 saturated carbocycles. The molecule has 0 aliphatic rings. The van der Waals surface area contributed by atoms with Gasteiger partial charge in [-0.05, 0) is 43.3 Å². The summed E-state index contributed by atoms with van der Waals surface area (Å²) in [7, 11) is 0. The van der Waals surface area contributed by atoms with Crippen molar-refractivity contribution in [3.63, 3.8) is 0 Å². The standard InChI is InChI=1S/C20H19N/c1-14-12-15(2)19(16(3)13-14)18-10-7-11-21-20(18)17-8-5-4-6-9-17/h4-13H,1-3H3/i1D3,2D3,3D3. The van der Waals surface area contributed by atoms with Gasteiger partial charge in [-0.1, -0.05) is 54.1 Å². The van der Waals surface area contributed by atoms with Crippen LogP contribution in [0.5, 0.6) is 0 Å². The van der Waals surface area contributed by atoms with Gasteiger partial charge in [0.25, 0.3) is 0 Å². The average molecular weight is 282 g/mol. The Morgan fingerprint density at radius 2 is 1.62 bits per heavy atom. The van der Waals surface area contributed by atoms with Gasteiger partial charge in [0, 0.05) is 29.7 Å². The molecular formula is C20H19N. The molecule has 21 heavy (non-hydrogen) atoms. The molecule has 0 atom stereocenters. The van der Waals surface area contributed by atoms with Gasteiger partial charge >= 0.3 is 0 Å². The van der Waals surface area contributed by atoms with Crippen molar-refractivity contribution in [3.05, 3.63) is 77.5 Å². The summed E-state index contributed by atoms with van der Waals surface area (Å²) < 4.78 is 71.0. The minimum Gasteiger partial charge on any atom is -0.256 e. The molecule has 0 aliphatic carbocycles. The van der Waals surface area contributed by atoms with Crippen LogP contribution < -0.4 is 0 Å². The molecule has 0 unspecified atom stereocenters. The van der Waals surface area contributed by atoms with E-state index in [4.69, 9.17) is 12.3 Å². The lowest BCUT2D eigenvalue weighted by Crippen LogP contribution is -1.94. The van der Waals surface area contributed by atoms with E-state index in [-0.39, 0.29) is 22.3 Å². The molecule has 104 valence electrons. The highest BCUT2D eigenvalue weighted by atomic mass is 14.7. The van der Waals surface area contributed by atoms with Gasteiger partial charge in [-0.15, -0.1) is 0 Å². The van der Waals surface area contributed by atoms with Crippen molar-refractivity contribution in [2.24, 2.45) is 0 Å². The number of hydrogen-bond acceptors (Lipinski definition) is 1. The zero-order valence-electron chi connectivity index (χ0n) is 20.2. The predicted molar refractivity (Wildman–Crippen MR) is 89.3 cm³/mol. The van der Waals surface area contributed by atoms with Crippen LogP contribution in [-0.2, 0) is 0 Å². The maximum absolute atomic E-state index is 7.99. The summed E-state index contributed by atoms with van der Waals surface area (Å²) in [6, 6.07) is 14.3. The Morgan fingerprint density at radius 3 is 2.29 bits per heavy atom. The molecule has 1 heterocycles. The van der Waals surface area contributed by atoms with Gasteiger partial charge in [-0.25, -0.2) is 0 Å². The van der Waals surface area contributed by atoms with Crippen molar-refractivity contribution < 1.29 is 12.3 Å². The van der Waals surface area contributed by atoms with Crippen LogP contribution in [0, 0.1) is 20.6 Å². The minimum atomic E-state index is -2.74. The summed E-state index contributed by atoms with van der Waals surface area (Å²) in [6.45, 7) is -8.13. The molecule has 0 N–H and O–H groups in total. The zero-order valence-corrected chi connectivity index (χ0v) is 11.2. The largest absolute Gasteiger partial charge is 0.256 e. The quantitative estimate of drug-likeness (QED) is 0.618. The number of nitrogens with zero attached hydrogens (tertiary/aromatic N) is 1. The number of aryl methyl sites for hydroxylation is 3. The first-order chi connectivity index (χ1) is 13.8. The summed E-state index contributed by atoms with van der Waals surface area (Å²) in [5.41, 5.74) is 0.401. The third kappa shape index (κ3) is 2.59. The Balaban J connectivity index is 2.47. The van der Waals surface area contributed by atoms with Crippen LogP contribution in [0.15, 0.2) is 60.8 Å². The van der Waals surface area contributed by atoms with Crippen LogP contribution in [0.25, 0.3) is 22.4 Å². The van der Waals surface area contributed by atoms with Crippen molar-refractivity contribution in [2.45, 2.75) is 20.6 Å². The van der Waals surface area contributed by atoms with E-state index in [1.807, 2.05) is 6.07 Å². The van der Waals surface area contributed by atoms with Gasteiger partial charge in [-0.3, -0.25) is 4.98 Å². The van der Waals surface area contributed by atoms with Crippen LogP contribution in [-0.4, -0.2) is 4.98 Å². The Labute approximate surface area is 139 Å². The fourth-order valence-electron chi connectivity index (χ4n) is 2.37. The third-order valence-electron chi connectivity index (χ3n) is 3.26. The molecule has 0 radical (unpaired) electrons. The first-order valence-corrected chi connectivity index (χ1v) is 6.50. The summed E-state index contributed by atoms with van der Waals surface area (Å²) in [5, 5.41) is 0. The molecule has 1 heteroatoms. The van der Waals surface area contributed by atoms with Crippen molar-refractivity contribution in [3.8, 4) is 22.4 Å². The highest BCUT2D eigenvalue weighted by Crippen LogP contribution is 2.34. The smallest absolute Gasteiger partial charge is 0.0780 e. The maximum Gasteiger partial charge on any atom is 0.0780 e. The van der Waals surface area contributed by atoms with Gasteiger partial charge in [0.05, 0.1) is 5.69 Å². The lowest BCUT2D eigenvalue weighted by atomic mass is 9.91. The van der Waals surface area contributed by atoms with Gasteiger partial charge in [0.2, 0.25) is 0 Å². The van der Waals surface area contributed by atoms with E-state index in [1.54, 1.807) is 36.4 Å². The highest BCUT2D eigenvalue weighted by Gasteiger charge is 2.12. The number of hydrogen-bond donors (Lipinski definition) is 0. The highest BCUT2D eigenvalue weighted by molar-refractivity contribution is 5.83. The molecule has 3 aromatic rings. The average Bonchev–Trinajstić information content (AvgIpc) is 2.65. The van der Waals surface area contributed by atoms with E-state index in [0.717, 1.165) is 12.1 Å². The van der Waals surface area contributed by atoms with Crippen LogP contribution in [0.2, 0.25) is 0 Å². The third-order valence-corrected chi connectivity index (χ3v) is 3.26. The second-order valence-electron chi connectivity index (χ2n) is 4.71. The summed E-state index contributed by atoms with van der Waals surface area (Å²) in [6.07, 6.45) is 1.53. The SMILES string of the molecule is [2H]C([2H])([2H])c1cc(C([2H])([2H])[2H])c(-c2cccnc2-c2ccccc2)c(C([2H])([2H])[2H])c1. The molecule has 2 aromatic carbocycles. The molecule has 0 aliphatic heterocycles. The second-order valence-corrected chi connectivity index (χ2v) is 4.71. The Kier molecular flexibility index (Phi) is 1.73. The Bertz CT molecular complexity index is 1010. The second kappa shape index (κ2) is 5.53. The molecule has 0 saturated heterocycles. The summed E-state index contributed by atoms with van der Waals surface area (Å²) >= 11 is 0. The molecule has 0 fully saturated rings. The zero-order chi connectivity index (χ0) is 22.3. The van der Waals surface area contributed by atoms with Gasteiger partial charge in [0.1, 0.15) is 0 Å². The summed E-state index contributed by atoms with van der Waals surface area (Å²) in [4.78, 5) is 4.36. The molecule has 1 nitrogen and oxygen atoms in total. The van der Waals surface area contributed by atoms with Gasteiger partial charge < -0.3 is 0 Å². The summed E-state index contributed by atoms with van der Waals surface area (Å²) in [5.74, 6) is 0. The molecule has 1 aromatic heterocycles. The number of aromatic nitrogens is 1. The first-order valence-electron chi connectivity index (χ1n) is 11.0. The maximum atomic E-state index is 7.99. The lowest BCUT2D eigenvalue weighted by Gasteiger charge is -2.15. The number of benzene rings is 2. The van der Waals surface area contributed by atoms with Crippen LogP contribution in [0.4, 0.5) is 0 Å². The molecular weight excluding hydrogens is 254 g/mol. The molecule has 3 rings (SSSR count). The monoisotopic (exact) mass is 282 g/mol. The molecule has 0 bridgehead atoms. The van der Waals surface area contributed by atoms with E-state index in [1.165, 1.54) is 6.20 Å². The van der Waals surface area contributed by atoms with Gasteiger partial charge in [-0.2, -0.15) is 0 Å². The fraction of sp³-hybridized carbons (Fsp3) is 0.150. The Morgan fingerprint density at radius 1 is 0.857 bits per heavy atom. The number of rotatable bonds is 2. The van der Waals surface area contributed by atoms with E-state index in [2.05, 4.69) is 4.98 Å². The Hall–Kier alpha value is -2.41. The van der Waals surface area contributed by atoms with Crippen molar-refractivity contribution >= 4 is 0 Å². The molecule has 0 spiro atoms. The topological polar surface area (TPSA) is 12.9 Å². The van der Waals surface area contributed by atoms with E-state index in [9.17, 15) is 0 Å². The predicted octanol–water partition coefficient (Wildman–Crippen LogP) is 5.34. The van der Waals surface area contributed by atoms with E-state index < -0.39 is 20.6 Å². The van der Waals surface area contributed by atoms with Gasteiger partial charge in [0.15, 0.2) is 0 Å². The fourth-order valence-corrected chi connectivity index (χ4v) is 2.37. The number of pyridine rings is 1. The van der Waals surface area contributed by atoms with Crippen molar-refractivity contribution in [1.82, 2.24) is 4.98 Å².